The monoisotopic (exact) mass is 211 g/mol. The molecule has 0 bridgehead atoms. The second kappa shape index (κ2) is 3.19. The molecule has 3 heteroatoms. The molecule has 1 saturated carbocycles. The summed E-state index contributed by atoms with van der Waals surface area (Å²) < 4.78 is 12.1. The van der Waals surface area contributed by atoms with Crippen LogP contribution in [0, 0.1) is 5.92 Å². The summed E-state index contributed by atoms with van der Waals surface area (Å²) in [5, 5.41) is 3.52. The summed E-state index contributed by atoms with van der Waals surface area (Å²) >= 11 is 0. The lowest BCUT2D eigenvalue weighted by atomic mass is 9.97. The maximum atomic E-state index is 6.26. The third-order valence-corrected chi connectivity index (χ3v) is 3.81. The molecule has 1 N–H and O–H groups in total. The Kier molecular flexibility index (Phi) is 2.14. The molecular weight excluding hydrogens is 190 g/mol. The van der Waals surface area contributed by atoms with Crippen LogP contribution in [0.2, 0.25) is 0 Å². The first-order valence-electron chi connectivity index (χ1n) is 6.15. The van der Waals surface area contributed by atoms with Gasteiger partial charge in [0.25, 0.3) is 0 Å². The number of ether oxygens (including phenoxy) is 2. The standard InChI is InChI=1S/C12H21NO2/c1-11(2)7-12(8-14-11)13-6-5-10(15-12)9-3-4-9/h9-10,13H,3-8H2,1-2H3. The van der Waals surface area contributed by atoms with Crippen molar-refractivity contribution in [3.05, 3.63) is 0 Å². The summed E-state index contributed by atoms with van der Waals surface area (Å²) in [4.78, 5) is 0. The average molecular weight is 211 g/mol. The van der Waals surface area contributed by atoms with Gasteiger partial charge in [-0.15, -0.1) is 0 Å². The third-order valence-electron chi connectivity index (χ3n) is 3.81. The van der Waals surface area contributed by atoms with E-state index >= 15 is 0 Å². The Labute approximate surface area is 91.5 Å². The molecule has 2 saturated heterocycles. The van der Waals surface area contributed by atoms with Gasteiger partial charge in [0.15, 0.2) is 0 Å². The lowest BCUT2D eigenvalue weighted by Gasteiger charge is -2.39. The van der Waals surface area contributed by atoms with Crippen LogP contribution in [-0.2, 0) is 9.47 Å². The molecule has 1 spiro atoms. The first kappa shape index (κ1) is 10.1. The van der Waals surface area contributed by atoms with E-state index < -0.39 is 0 Å². The second-order valence-corrected chi connectivity index (χ2v) is 5.93. The third kappa shape index (κ3) is 1.93. The average Bonchev–Trinajstić information content (AvgIpc) is 2.95. The highest BCUT2D eigenvalue weighted by molar-refractivity contribution is 4.98. The fourth-order valence-corrected chi connectivity index (χ4v) is 2.92. The van der Waals surface area contributed by atoms with Crippen LogP contribution in [0.5, 0.6) is 0 Å². The van der Waals surface area contributed by atoms with E-state index in [0.29, 0.717) is 12.7 Å². The fraction of sp³-hybridized carbons (Fsp3) is 1.00. The van der Waals surface area contributed by atoms with Crippen LogP contribution in [0.25, 0.3) is 0 Å². The summed E-state index contributed by atoms with van der Waals surface area (Å²) in [6.07, 6.45) is 5.37. The first-order valence-corrected chi connectivity index (χ1v) is 6.15. The minimum absolute atomic E-state index is 0.0293. The Hall–Kier alpha value is -0.120. The van der Waals surface area contributed by atoms with Gasteiger partial charge in [0.2, 0.25) is 0 Å². The molecule has 0 radical (unpaired) electrons. The molecule has 3 nitrogen and oxygen atoms in total. The molecule has 0 aromatic rings. The van der Waals surface area contributed by atoms with Crippen LogP contribution in [0.4, 0.5) is 0 Å². The van der Waals surface area contributed by atoms with Crippen molar-refractivity contribution in [1.29, 1.82) is 0 Å². The summed E-state index contributed by atoms with van der Waals surface area (Å²) in [6.45, 7) is 6.09. The smallest absolute Gasteiger partial charge is 0.145 e. The zero-order valence-electron chi connectivity index (χ0n) is 9.71. The van der Waals surface area contributed by atoms with Gasteiger partial charge in [0.05, 0.1) is 18.3 Å². The van der Waals surface area contributed by atoms with E-state index in [2.05, 4.69) is 19.2 Å². The Bertz CT molecular complexity index is 262. The maximum absolute atomic E-state index is 6.26. The van der Waals surface area contributed by atoms with E-state index in [9.17, 15) is 0 Å². The quantitative estimate of drug-likeness (QED) is 0.715. The normalized spacial score (nSPS) is 44.8. The SMILES string of the molecule is CC1(C)CC2(CO1)NCCC(C1CC1)O2. The molecule has 2 unspecified atom stereocenters. The van der Waals surface area contributed by atoms with Crippen molar-refractivity contribution >= 4 is 0 Å². The van der Waals surface area contributed by atoms with Gasteiger partial charge in [-0.25, -0.2) is 0 Å². The Balaban J connectivity index is 1.70. The molecule has 2 atom stereocenters. The molecule has 3 fully saturated rings. The van der Waals surface area contributed by atoms with Gasteiger partial charge in [-0.05, 0) is 39.0 Å². The van der Waals surface area contributed by atoms with Crippen molar-refractivity contribution < 1.29 is 9.47 Å². The van der Waals surface area contributed by atoms with Gasteiger partial charge in [-0.3, -0.25) is 5.32 Å². The minimum atomic E-state index is -0.172. The van der Waals surface area contributed by atoms with E-state index in [1.807, 2.05) is 0 Å². The van der Waals surface area contributed by atoms with Crippen molar-refractivity contribution in [2.24, 2.45) is 5.92 Å². The number of rotatable bonds is 1. The fourth-order valence-electron chi connectivity index (χ4n) is 2.92. The summed E-state index contributed by atoms with van der Waals surface area (Å²) in [5.41, 5.74) is -0.201. The Morgan fingerprint density at radius 2 is 2.00 bits per heavy atom. The van der Waals surface area contributed by atoms with E-state index in [0.717, 1.165) is 18.9 Å². The second-order valence-electron chi connectivity index (χ2n) is 5.93. The molecule has 86 valence electrons. The van der Waals surface area contributed by atoms with Crippen molar-refractivity contribution in [2.75, 3.05) is 13.2 Å². The number of nitrogens with one attached hydrogen (secondary N) is 1. The molecule has 3 rings (SSSR count). The maximum Gasteiger partial charge on any atom is 0.145 e. The van der Waals surface area contributed by atoms with Gasteiger partial charge < -0.3 is 9.47 Å². The number of hydrogen-bond acceptors (Lipinski definition) is 3. The van der Waals surface area contributed by atoms with Crippen LogP contribution in [0.3, 0.4) is 0 Å². The summed E-state index contributed by atoms with van der Waals surface area (Å²) in [7, 11) is 0. The zero-order chi connectivity index (χ0) is 10.5. The van der Waals surface area contributed by atoms with Gasteiger partial charge >= 0.3 is 0 Å². The van der Waals surface area contributed by atoms with Crippen LogP contribution in [-0.4, -0.2) is 30.6 Å². The molecule has 3 aliphatic rings. The highest BCUT2D eigenvalue weighted by atomic mass is 16.6. The van der Waals surface area contributed by atoms with Crippen molar-refractivity contribution in [2.45, 2.75) is 57.0 Å². The van der Waals surface area contributed by atoms with Crippen LogP contribution < -0.4 is 5.32 Å². The summed E-state index contributed by atoms with van der Waals surface area (Å²) in [5.74, 6) is 0.840. The molecule has 15 heavy (non-hydrogen) atoms. The van der Waals surface area contributed by atoms with Crippen molar-refractivity contribution in [1.82, 2.24) is 5.32 Å². The van der Waals surface area contributed by atoms with E-state index in [-0.39, 0.29) is 11.3 Å². The minimum Gasteiger partial charge on any atom is -0.371 e. The van der Waals surface area contributed by atoms with Crippen LogP contribution in [0.1, 0.15) is 39.5 Å². The van der Waals surface area contributed by atoms with Gasteiger partial charge in [0, 0.05) is 13.0 Å². The topological polar surface area (TPSA) is 30.5 Å². The summed E-state index contributed by atoms with van der Waals surface area (Å²) in [6, 6.07) is 0. The molecule has 0 aromatic heterocycles. The molecular formula is C12H21NO2. The van der Waals surface area contributed by atoms with Crippen LogP contribution >= 0.6 is 0 Å². The lowest BCUT2D eigenvalue weighted by molar-refractivity contribution is -0.148. The Morgan fingerprint density at radius 3 is 2.60 bits per heavy atom. The van der Waals surface area contributed by atoms with Gasteiger partial charge in [0.1, 0.15) is 5.72 Å². The molecule has 0 amide bonds. The van der Waals surface area contributed by atoms with Crippen molar-refractivity contribution in [3.63, 3.8) is 0 Å². The predicted molar refractivity (Wildman–Crippen MR) is 57.6 cm³/mol. The first-order chi connectivity index (χ1) is 7.09. The van der Waals surface area contributed by atoms with Crippen molar-refractivity contribution in [3.8, 4) is 0 Å². The van der Waals surface area contributed by atoms with Gasteiger partial charge in [-0.1, -0.05) is 0 Å². The molecule has 2 heterocycles. The van der Waals surface area contributed by atoms with Crippen LogP contribution in [0.15, 0.2) is 0 Å². The molecule has 1 aliphatic carbocycles. The molecule has 2 aliphatic heterocycles. The number of hydrogen-bond donors (Lipinski definition) is 1. The predicted octanol–water partition coefficient (Wildman–Crippen LogP) is 1.67. The zero-order valence-corrected chi connectivity index (χ0v) is 9.71. The highest BCUT2D eigenvalue weighted by Gasteiger charge is 2.50. The van der Waals surface area contributed by atoms with E-state index in [4.69, 9.17) is 9.47 Å². The van der Waals surface area contributed by atoms with Gasteiger partial charge in [-0.2, -0.15) is 0 Å². The largest absolute Gasteiger partial charge is 0.371 e. The lowest BCUT2D eigenvalue weighted by Crippen LogP contribution is -2.56. The van der Waals surface area contributed by atoms with E-state index in [1.165, 1.54) is 19.3 Å². The Morgan fingerprint density at radius 1 is 1.20 bits per heavy atom. The van der Waals surface area contributed by atoms with E-state index in [1.54, 1.807) is 0 Å². The highest BCUT2D eigenvalue weighted by Crippen LogP contribution is 2.42. The molecule has 0 aromatic carbocycles.